The Morgan fingerprint density at radius 3 is 1.52 bits per heavy atom. The molecule has 19 heteroatoms. The predicted molar refractivity (Wildman–Crippen MR) is 307 cm³/mol. The molecule has 2 amide bonds. The average molecular weight is 1170 g/mol. The zero-order valence-electron chi connectivity index (χ0n) is 53.3. The van der Waals surface area contributed by atoms with Crippen LogP contribution in [0.4, 0.5) is 11.9 Å². The van der Waals surface area contributed by atoms with Gasteiger partial charge in [0.15, 0.2) is 0 Å². The number of hydrogen-bond acceptors (Lipinski definition) is 12. The molecular formula is C62H71KN8O8S2. The van der Waals surface area contributed by atoms with Crippen LogP contribution in [-0.4, -0.2) is 95.7 Å². The van der Waals surface area contributed by atoms with Gasteiger partial charge in [-0.3, -0.25) is 14.3 Å². The molecule has 6 aliphatic rings. The van der Waals surface area contributed by atoms with Crippen LogP contribution in [-0.2, 0) is 20.0 Å². The van der Waals surface area contributed by atoms with E-state index in [1.165, 1.54) is 58.3 Å². The maximum absolute atomic E-state index is 14.3. The molecule has 2 unspecified atom stereocenters. The third-order valence-electron chi connectivity index (χ3n) is 15.7. The van der Waals surface area contributed by atoms with Gasteiger partial charge < -0.3 is 29.2 Å². The van der Waals surface area contributed by atoms with Gasteiger partial charge in [-0.1, -0.05) is 76.2 Å². The van der Waals surface area contributed by atoms with Crippen molar-refractivity contribution in [2.24, 2.45) is 22.7 Å². The number of ether oxygens (including phenoxy) is 2. The molecule has 0 saturated heterocycles. The first-order valence-electron chi connectivity index (χ1n) is 30.4. The molecule has 1 N–H and O–H groups in total. The summed E-state index contributed by atoms with van der Waals surface area (Å²) >= 11 is 0. The van der Waals surface area contributed by atoms with E-state index in [1.807, 2.05) is 91.8 Å². The molecule has 4 fully saturated rings. The Balaban J connectivity index is 0.000000190. The maximum Gasteiger partial charge on any atom is 1.00 e. The van der Waals surface area contributed by atoms with Crippen molar-refractivity contribution in [2.45, 2.75) is 153 Å². The van der Waals surface area contributed by atoms with Crippen LogP contribution in [0.2, 0.25) is 0 Å². The standard InChI is InChI=1S/C31H36N4O4S.C31H35N4O4S.K/c2*1-19(2)13-23-18-39-27-15-26(28-20(3)7-5-8-21(28)4)32-30(33-27)34-40(37,38)25-10-6-9-22(14-25)29(36)35(23)24-16-31(17-24)11-12-31;/h5-10,14-15,19,23-24H,11-13,16-18H2,1-4H3,(H,32,33,34);5-10,14-15,19,23-24H,11-13,16-18H2,1-4H3;/q;-1;+1/t2*23-;/m11./s1/i2*16D2,24D;/t2*23-,24?;. The number of aromatic nitrogens is 4. The van der Waals surface area contributed by atoms with E-state index in [4.69, 9.17) is 15.0 Å². The topological polar surface area (TPSA) is 205 Å². The first-order chi connectivity index (χ1) is 40.3. The first-order valence-corrected chi connectivity index (χ1v) is 30.3. The van der Waals surface area contributed by atoms with Gasteiger partial charge in [0.05, 0.1) is 30.3 Å². The number of rotatable bonds is 8. The number of nitrogens with one attached hydrogen (secondary N) is 1. The molecule has 81 heavy (non-hydrogen) atoms. The van der Waals surface area contributed by atoms with Crippen molar-refractivity contribution >= 4 is 43.8 Å². The Labute approximate surface area is 528 Å². The minimum atomic E-state index is -4.36. The Bertz CT molecular complexity index is 3680. The first kappa shape index (κ1) is 51.4. The van der Waals surface area contributed by atoms with Crippen LogP contribution in [0, 0.1) is 50.4 Å². The van der Waals surface area contributed by atoms with E-state index in [9.17, 15) is 29.2 Å². The monoisotopic (exact) mass is 1160 g/mol. The fourth-order valence-corrected chi connectivity index (χ4v) is 13.3. The van der Waals surface area contributed by atoms with E-state index < -0.39 is 79.6 Å². The van der Waals surface area contributed by atoms with E-state index in [0.29, 0.717) is 49.9 Å². The van der Waals surface area contributed by atoms with Gasteiger partial charge >= 0.3 is 51.4 Å². The number of nitrogens with zero attached hydrogens (tertiary/aromatic N) is 7. The van der Waals surface area contributed by atoms with Gasteiger partial charge in [0.25, 0.3) is 21.8 Å². The van der Waals surface area contributed by atoms with Gasteiger partial charge in [-0.2, -0.15) is 4.98 Å². The zero-order chi connectivity index (χ0) is 61.9. The van der Waals surface area contributed by atoms with E-state index in [1.54, 1.807) is 12.1 Å². The van der Waals surface area contributed by atoms with Gasteiger partial charge in [0.2, 0.25) is 21.9 Å². The molecule has 4 atom stereocenters. The Kier molecular flexibility index (Phi) is 14.6. The molecule has 16 nitrogen and oxygen atoms in total. The quantitative estimate of drug-likeness (QED) is 0.142. The van der Waals surface area contributed by atoms with Crippen molar-refractivity contribution in [2.75, 3.05) is 17.9 Å². The van der Waals surface area contributed by atoms with Crippen molar-refractivity contribution in [1.29, 1.82) is 0 Å². The van der Waals surface area contributed by atoms with Crippen molar-refractivity contribution in [1.82, 2.24) is 29.7 Å². The summed E-state index contributed by atoms with van der Waals surface area (Å²) in [6.45, 7) is 15.6. The summed E-state index contributed by atoms with van der Waals surface area (Å²) in [5, 5.41) is 0. The van der Waals surface area contributed by atoms with E-state index in [-0.39, 0.29) is 134 Å². The molecule has 2 spiro atoms. The van der Waals surface area contributed by atoms with Gasteiger partial charge in [-0.05, 0) is 185 Å². The smallest absolute Gasteiger partial charge is 0.488 e. The molecule has 0 radical (unpaired) electrons. The summed E-state index contributed by atoms with van der Waals surface area (Å²) < 4.78 is 128. The van der Waals surface area contributed by atoms with Crippen molar-refractivity contribution in [3.05, 3.63) is 135 Å². The zero-order valence-corrected chi connectivity index (χ0v) is 52.1. The summed E-state index contributed by atoms with van der Waals surface area (Å²) in [5.41, 5.74) is 5.15. The Morgan fingerprint density at radius 1 is 0.630 bits per heavy atom. The van der Waals surface area contributed by atoms with Gasteiger partial charge in [-0.25, -0.2) is 26.5 Å². The number of hydrogen-bond donors (Lipinski definition) is 1. The van der Waals surface area contributed by atoms with Crippen LogP contribution < -0.4 is 65.6 Å². The second-order valence-electron chi connectivity index (χ2n) is 23.2. The summed E-state index contributed by atoms with van der Waals surface area (Å²) in [6, 6.07) is 20.9. The van der Waals surface area contributed by atoms with Crippen LogP contribution in [0.25, 0.3) is 27.2 Å². The molecule has 6 aromatic rings. The second-order valence-corrected chi connectivity index (χ2v) is 26.5. The van der Waals surface area contributed by atoms with E-state index in [0.717, 1.165) is 33.4 Å². The number of carbonyl (C=O) groups excluding carboxylic acids is 2. The number of fused-ring (bicyclic) bond motifs is 8. The molecule has 2 aliphatic heterocycles. The van der Waals surface area contributed by atoms with E-state index >= 15 is 0 Å². The van der Waals surface area contributed by atoms with Crippen molar-refractivity contribution in [3.8, 4) is 34.3 Å². The van der Waals surface area contributed by atoms with Crippen molar-refractivity contribution < 1.29 is 95.5 Å². The van der Waals surface area contributed by atoms with Crippen LogP contribution >= 0.6 is 0 Å². The normalized spacial score (nSPS) is 26.7. The molecule has 4 aliphatic carbocycles. The number of amides is 2. The minimum absolute atomic E-state index is 0. The number of carbonyl (C=O) groups is 2. The van der Waals surface area contributed by atoms with Gasteiger partial charge in [-0.15, -0.1) is 0 Å². The number of benzene rings is 4. The Hall–Kier alpha value is -5.28. The average Bonchev–Trinajstić information content (AvgIpc) is 1.56. The number of anilines is 1. The van der Waals surface area contributed by atoms with Crippen molar-refractivity contribution in [3.63, 3.8) is 0 Å². The maximum atomic E-state index is 14.3. The van der Waals surface area contributed by atoms with Gasteiger partial charge in [0.1, 0.15) is 19.1 Å². The summed E-state index contributed by atoms with van der Waals surface area (Å²) in [5.74, 6) is -1.35. The number of aryl methyl sites for hydroxylation is 4. The Morgan fingerprint density at radius 2 is 1.06 bits per heavy atom. The van der Waals surface area contributed by atoms with Crippen LogP contribution in [0.1, 0.15) is 143 Å². The molecular weight excluding hydrogens is 1090 g/mol. The summed E-state index contributed by atoms with van der Waals surface area (Å²) in [7, 11) is -8.59. The summed E-state index contributed by atoms with van der Waals surface area (Å²) in [6.07, 6.45) is 0.0961. The SMILES string of the molecule is [2H]C1(N2C(=O)c3cccc(c3)S(=O)(=O)Nc3nc(cc(-c4c(C)cccc4C)n3)OC[C@H]2CC(C)C)CC2(CC2)C1([2H])[2H].[2H]C1(N2C(=O)c3cccc(c3)S(=O)(=O)[N-]c3nc(cc(-c4c(C)cccc4C)n3)OC[C@H]2CC(C)C)CC2(CC2)C1([2H])[2H].[K+]. The van der Waals surface area contributed by atoms with Crippen LogP contribution in [0.3, 0.4) is 0 Å². The molecule has 2 aromatic heterocycles. The molecule has 420 valence electrons. The van der Waals surface area contributed by atoms with Crippen LogP contribution in [0.15, 0.2) is 107 Å². The minimum Gasteiger partial charge on any atom is -0.488 e. The molecule has 4 heterocycles. The largest absolute Gasteiger partial charge is 1.00 e. The molecule has 12 rings (SSSR count). The van der Waals surface area contributed by atoms with E-state index in [2.05, 4.69) is 29.4 Å². The van der Waals surface area contributed by atoms with Gasteiger partial charge in [0, 0.05) is 51.9 Å². The number of sulfonamides is 2. The third-order valence-corrected chi connectivity index (χ3v) is 18.3. The fraction of sp³-hybridized carbons (Fsp3) is 0.452. The molecule has 4 aromatic carbocycles. The molecule has 4 saturated carbocycles. The third kappa shape index (κ3) is 12.7. The second kappa shape index (κ2) is 23.1. The van der Waals surface area contributed by atoms with Crippen LogP contribution in [0.5, 0.6) is 11.8 Å². The predicted octanol–water partition coefficient (Wildman–Crippen LogP) is 9.10. The summed E-state index contributed by atoms with van der Waals surface area (Å²) in [4.78, 5) is 48.6. The fourth-order valence-electron chi connectivity index (χ4n) is 11.3. The molecule has 8 bridgehead atoms.